The van der Waals surface area contributed by atoms with Gasteiger partial charge in [-0.1, -0.05) is 12.1 Å². The van der Waals surface area contributed by atoms with E-state index < -0.39 is 26.6 Å². The van der Waals surface area contributed by atoms with Gasteiger partial charge in [0.05, 0.1) is 0 Å². The van der Waals surface area contributed by atoms with Crippen LogP contribution >= 0.6 is 0 Å². The number of nitrogens with two attached hydrogens (primary N) is 1. The average molecular weight is 269 g/mol. The summed E-state index contributed by atoms with van der Waals surface area (Å²) < 4.78 is 24.3. The van der Waals surface area contributed by atoms with Gasteiger partial charge in [-0.25, -0.2) is 12.7 Å². The van der Waals surface area contributed by atoms with Crippen LogP contribution in [0.5, 0.6) is 0 Å². The van der Waals surface area contributed by atoms with Crippen LogP contribution in [-0.4, -0.2) is 30.8 Å². The molecular weight excluding hydrogens is 258 g/mol. The number of sulfonamides is 1. The number of hydrazine groups is 1. The Morgan fingerprint density at radius 1 is 1.28 bits per heavy atom. The van der Waals surface area contributed by atoms with Crippen molar-refractivity contribution in [3.05, 3.63) is 35.6 Å². The van der Waals surface area contributed by atoms with Gasteiger partial charge in [0.1, 0.15) is 4.91 Å². The summed E-state index contributed by atoms with van der Waals surface area (Å²) in [5, 5.41) is 9.61. The summed E-state index contributed by atoms with van der Waals surface area (Å²) in [6.07, 6.45) is 0. The average Bonchev–Trinajstić information content (AvgIpc) is 2.51. The molecule has 0 fully saturated rings. The Labute approximate surface area is 104 Å². The van der Waals surface area contributed by atoms with Crippen LogP contribution in [0.15, 0.2) is 30.0 Å². The number of nitrogen functional groups attached to an aromatic ring is 1. The maximum absolute atomic E-state index is 11.9. The zero-order valence-corrected chi connectivity index (χ0v) is 10.2. The molecule has 18 heavy (non-hydrogen) atoms. The van der Waals surface area contributed by atoms with E-state index in [1.165, 1.54) is 24.3 Å². The van der Waals surface area contributed by atoms with E-state index in [0.717, 1.165) is 7.05 Å². The van der Waals surface area contributed by atoms with Gasteiger partial charge in [0.25, 0.3) is 10.0 Å². The molecule has 0 bridgehead atoms. The van der Waals surface area contributed by atoms with Gasteiger partial charge < -0.3 is 10.5 Å². The SMILES string of the molecule is CN1C(=O)C(O)=C(c2ccc(NN)cc2)S1(=O)=O. The lowest BCUT2D eigenvalue weighted by molar-refractivity contribution is -0.123. The number of nitrogens with one attached hydrogen (secondary N) is 1. The number of carbonyl (C=O) groups excluding carboxylic acids is 1. The molecule has 0 aliphatic carbocycles. The van der Waals surface area contributed by atoms with Crippen molar-refractivity contribution in [2.45, 2.75) is 0 Å². The van der Waals surface area contributed by atoms with Crippen molar-refractivity contribution in [2.75, 3.05) is 12.5 Å². The van der Waals surface area contributed by atoms with Crippen molar-refractivity contribution >= 4 is 26.5 Å². The Morgan fingerprint density at radius 3 is 2.22 bits per heavy atom. The molecule has 4 N–H and O–H groups in total. The number of nitrogens with zero attached hydrogens (tertiary/aromatic N) is 1. The molecule has 1 aliphatic rings. The van der Waals surface area contributed by atoms with Gasteiger partial charge in [-0.3, -0.25) is 10.6 Å². The largest absolute Gasteiger partial charge is 0.502 e. The molecule has 96 valence electrons. The summed E-state index contributed by atoms with van der Waals surface area (Å²) >= 11 is 0. The summed E-state index contributed by atoms with van der Waals surface area (Å²) in [4.78, 5) is 11.0. The highest BCUT2D eigenvalue weighted by atomic mass is 32.2. The predicted molar refractivity (Wildman–Crippen MR) is 65.5 cm³/mol. The number of hydrogen-bond acceptors (Lipinski definition) is 6. The molecule has 0 spiro atoms. The molecule has 1 heterocycles. The number of aliphatic hydroxyl groups excluding tert-OH is 1. The fourth-order valence-corrected chi connectivity index (χ4v) is 2.96. The Bertz CT molecular complexity index is 634. The lowest BCUT2D eigenvalue weighted by Crippen LogP contribution is -2.26. The highest BCUT2D eigenvalue weighted by Crippen LogP contribution is 2.33. The Balaban J connectivity index is 2.59. The molecule has 7 nitrogen and oxygen atoms in total. The second kappa shape index (κ2) is 4.00. The number of anilines is 1. The summed E-state index contributed by atoms with van der Waals surface area (Å²) in [5.41, 5.74) is 3.19. The highest BCUT2D eigenvalue weighted by molar-refractivity contribution is 7.99. The molecular formula is C10H11N3O4S. The first-order chi connectivity index (χ1) is 8.39. The van der Waals surface area contributed by atoms with Gasteiger partial charge in [0, 0.05) is 12.7 Å². The number of hydrogen-bond donors (Lipinski definition) is 3. The van der Waals surface area contributed by atoms with Crippen LogP contribution < -0.4 is 11.3 Å². The normalized spacial score (nSPS) is 18.3. The summed E-state index contributed by atoms with van der Waals surface area (Å²) in [5.74, 6) is 3.47. The lowest BCUT2D eigenvalue weighted by atomic mass is 10.2. The number of carbonyl (C=O) groups is 1. The first-order valence-corrected chi connectivity index (χ1v) is 6.37. The smallest absolute Gasteiger partial charge is 0.303 e. The Kier molecular flexibility index (Phi) is 2.76. The molecule has 0 unspecified atom stereocenters. The van der Waals surface area contributed by atoms with Crippen LogP contribution in [0.1, 0.15) is 5.56 Å². The maximum Gasteiger partial charge on any atom is 0.303 e. The summed E-state index contributed by atoms with van der Waals surface area (Å²) in [6.45, 7) is 0. The molecule has 0 saturated heterocycles. The van der Waals surface area contributed by atoms with Crippen LogP contribution in [0.4, 0.5) is 5.69 Å². The zero-order valence-electron chi connectivity index (χ0n) is 9.41. The van der Waals surface area contributed by atoms with Gasteiger partial charge in [-0.2, -0.15) is 0 Å². The number of benzene rings is 1. The first kappa shape index (κ1) is 12.4. The molecule has 8 heteroatoms. The predicted octanol–water partition coefficient (Wildman–Crippen LogP) is 0.000600. The molecule has 1 aromatic rings. The Morgan fingerprint density at radius 2 is 1.83 bits per heavy atom. The number of rotatable bonds is 2. The van der Waals surface area contributed by atoms with Gasteiger partial charge in [0.15, 0.2) is 0 Å². The second-order valence-electron chi connectivity index (χ2n) is 3.68. The fourth-order valence-electron chi connectivity index (χ4n) is 1.62. The van der Waals surface area contributed by atoms with Crippen LogP contribution in [0.3, 0.4) is 0 Å². The highest BCUT2D eigenvalue weighted by Gasteiger charge is 2.42. The molecule has 2 rings (SSSR count). The second-order valence-corrected chi connectivity index (χ2v) is 5.58. The van der Waals surface area contributed by atoms with Crippen molar-refractivity contribution in [3.63, 3.8) is 0 Å². The molecule has 1 amide bonds. The fraction of sp³-hybridized carbons (Fsp3) is 0.100. The minimum absolute atomic E-state index is 0.226. The number of amides is 1. The van der Waals surface area contributed by atoms with Crippen molar-refractivity contribution in [1.82, 2.24) is 4.31 Å². The van der Waals surface area contributed by atoms with E-state index >= 15 is 0 Å². The van der Waals surface area contributed by atoms with E-state index in [-0.39, 0.29) is 5.56 Å². The molecule has 0 saturated carbocycles. The minimum Gasteiger partial charge on any atom is -0.502 e. The molecule has 0 radical (unpaired) electrons. The third-order valence-corrected chi connectivity index (χ3v) is 4.47. The Hall–Kier alpha value is -2.06. The monoisotopic (exact) mass is 269 g/mol. The number of likely N-dealkylation sites (N-methyl/N-ethyl adjacent to an activating group) is 1. The molecule has 1 aliphatic heterocycles. The van der Waals surface area contributed by atoms with E-state index in [0.29, 0.717) is 9.99 Å². The molecule has 0 aromatic heterocycles. The third-order valence-electron chi connectivity index (χ3n) is 2.64. The summed E-state index contributed by atoms with van der Waals surface area (Å²) in [7, 11) is -2.88. The number of aliphatic hydroxyl groups is 1. The standard InChI is InChI=1S/C10H11N3O4S/c1-13-10(15)8(14)9(18(13,16)17)6-2-4-7(12-11)5-3-6/h2-5,12,14H,11H2,1H3. The summed E-state index contributed by atoms with van der Waals surface area (Å²) in [6, 6.07) is 5.97. The van der Waals surface area contributed by atoms with E-state index in [1.807, 2.05) is 0 Å². The van der Waals surface area contributed by atoms with E-state index in [9.17, 15) is 18.3 Å². The van der Waals surface area contributed by atoms with Gasteiger partial charge in [-0.15, -0.1) is 0 Å². The van der Waals surface area contributed by atoms with Crippen LogP contribution in [-0.2, 0) is 14.8 Å². The quantitative estimate of drug-likeness (QED) is 0.514. The molecule has 1 aromatic carbocycles. The topological polar surface area (TPSA) is 113 Å². The molecule has 0 atom stereocenters. The maximum atomic E-state index is 11.9. The van der Waals surface area contributed by atoms with E-state index in [4.69, 9.17) is 5.84 Å². The first-order valence-electron chi connectivity index (χ1n) is 4.93. The van der Waals surface area contributed by atoms with Crippen LogP contribution in [0.2, 0.25) is 0 Å². The van der Waals surface area contributed by atoms with Crippen molar-refractivity contribution in [2.24, 2.45) is 5.84 Å². The zero-order chi connectivity index (χ0) is 13.5. The van der Waals surface area contributed by atoms with Gasteiger partial charge in [-0.05, 0) is 17.7 Å². The van der Waals surface area contributed by atoms with E-state index in [2.05, 4.69) is 5.43 Å². The van der Waals surface area contributed by atoms with Gasteiger partial charge >= 0.3 is 5.91 Å². The van der Waals surface area contributed by atoms with Gasteiger partial charge in [0.2, 0.25) is 5.76 Å². The van der Waals surface area contributed by atoms with Crippen molar-refractivity contribution in [3.8, 4) is 0 Å². The minimum atomic E-state index is -3.98. The third kappa shape index (κ3) is 1.62. The van der Waals surface area contributed by atoms with Crippen molar-refractivity contribution < 1.29 is 18.3 Å². The van der Waals surface area contributed by atoms with E-state index in [1.54, 1.807) is 0 Å². The van der Waals surface area contributed by atoms with Crippen LogP contribution in [0.25, 0.3) is 4.91 Å². The lowest BCUT2D eigenvalue weighted by Gasteiger charge is -2.09. The van der Waals surface area contributed by atoms with Crippen LogP contribution in [0, 0.1) is 0 Å². The van der Waals surface area contributed by atoms with Crippen molar-refractivity contribution in [1.29, 1.82) is 0 Å².